The minimum absolute atomic E-state index is 0.684. The lowest BCUT2D eigenvalue weighted by Crippen LogP contribution is -1.93. The van der Waals surface area contributed by atoms with Gasteiger partial charge in [-0.15, -0.1) is 11.3 Å². The second kappa shape index (κ2) is 10.5. The van der Waals surface area contributed by atoms with E-state index >= 15 is 0 Å². The van der Waals surface area contributed by atoms with E-state index in [2.05, 4.69) is 165 Å². The molecule has 0 bridgehead atoms. The zero-order valence-corrected chi connectivity index (χ0v) is 27.5. The van der Waals surface area contributed by atoms with Crippen LogP contribution in [0, 0.1) is 0 Å². The molecule has 0 aliphatic heterocycles. The second-order valence-electron chi connectivity index (χ2n) is 12.9. The van der Waals surface area contributed by atoms with Crippen LogP contribution in [-0.4, -0.2) is 19.5 Å². The van der Waals surface area contributed by atoms with Crippen LogP contribution in [0.5, 0.6) is 0 Å². The van der Waals surface area contributed by atoms with Crippen molar-refractivity contribution in [2.45, 2.75) is 0 Å². The summed E-state index contributed by atoms with van der Waals surface area (Å²) in [5.74, 6) is 0.684. The first-order valence-electron chi connectivity index (χ1n) is 16.7. The van der Waals surface area contributed by atoms with Crippen molar-refractivity contribution >= 4 is 85.6 Å². The number of fused-ring (bicyclic) bond motifs is 12. The van der Waals surface area contributed by atoms with Crippen LogP contribution in [0.3, 0.4) is 0 Å². The summed E-state index contributed by atoms with van der Waals surface area (Å²) in [6.45, 7) is 0. The van der Waals surface area contributed by atoms with Crippen molar-refractivity contribution in [3.8, 4) is 28.2 Å². The fourth-order valence-corrected chi connectivity index (χ4v) is 9.02. The molecule has 11 aromatic rings. The third-order valence-corrected chi connectivity index (χ3v) is 11.4. The van der Waals surface area contributed by atoms with Gasteiger partial charge in [0.1, 0.15) is 12.7 Å². The van der Waals surface area contributed by atoms with E-state index in [4.69, 9.17) is 0 Å². The summed E-state index contributed by atoms with van der Waals surface area (Å²) in [6.07, 6.45) is 3.10. The molecule has 5 heteroatoms. The first kappa shape index (κ1) is 27.5. The standard InChI is InChI=1S/C45H26N4S/c1-2-9-33-31(7-1)32-8-3-4-10-34(32)37-21-27(13-17-35(33)37)28-14-18-42-38(22-28)36-11-5-6-12-41(36)49(42)30-16-20-44-40(24-30)39-23-29(15-19-43(39)50-44)45-47-25-46-26-48-45/h1-26H. The first-order chi connectivity index (χ1) is 24.8. The molecule has 232 valence electrons. The smallest absolute Gasteiger partial charge is 0.162 e. The summed E-state index contributed by atoms with van der Waals surface area (Å²) in [5, 5.41) is 12.7. The van der Waals surface area contributed by atoms with Crippen molar-refractivity contribution in [2.75, 3.05) is 0 Å². The molecule has 0 N–H and O–H groups in total. The molecule has 0 atom stereocenters. The molecule has 0 radical (unpaired) electrons. The van der Waals surface area contributed by atoms with E-state index in [1.54, 1.807) is 12.7 Å². The van der Waals surface area contributed by atoms with Crippen LogP contribution in [-0.2, 0) is 0 Å². The van der Waals surface area contributed by atoms with Crippen LogP contribution in [0.2, 0.25) is 0 Å². The second-order valence-corrected chi connectivity index (χ2v) is 14.0. The van der Waals surface area contributed by atoms with E-state index in [0.717, 1.165) is 11.3 Å². The molecular formula is C45H26N4S. The molecule has 11 rings (SSSR count). The van der Waals surface area contributed by atoms with Gasteiger partial charge in [-0.1, -0.05) is 84.9 Å². The molecule has 8 aromatic carbocycles. The zero-order chi connectivity index (χ0) is 32.8. The Labute approximate surface area is 290 Å². The zero-order valence-electron chi connectivity index (χ0n) is 26.7. The lowest BCUT2D eigenvalue weighted by Gasteiger charge is -2.12. The van der Waals surface area contributed by atoms with Crippen molar-refractivity contribution in [1.82, 2.24) is 19.5 Å². The number of hydrogen-bond donors (Lipinski definition) is 0. The number of benzene rings is 8. The molecule has 3 aromatic heterocycles. The van der Waals surface area contributed by atoms with Gasteiger partial charge in [0, 0.05) is 42.2 Å². The highest BCUT2D eigenvalue weighted by molar-refractivity contribution is 7.25. The lowest BCUT2D eigenvalue weighted by atomic mass is 9.92. The van der Waals surface area contributed by atoms with Gasteiger partial charge in [0.05, 0.1) is 11.0 Å². The summed E-state index contributed by atoms with van der Waals surface area (Å²) < 4.78 is 4.92. The Morgan fingerprint density at radius 1 is 0.380 bits per heavy atom. The van der Waals surface area contributed by atoms with Crippen LogP contribution < -0.4 is 0 Å². The maximum absolute atomic E-state index is 4.39. The fourth-order valence-electron chi connectivity index (χ4n) is 7.95. The van der Waals surface area contributed by atoms with Gasteiger partial charge in [-0.05, 0) is 104 Å². The van der Waals surface area contributed by atoms with Crippen molar-refractivity contribution in [3.05, 3.63) is 158 Å². The van der Waals surface area contributed by atoms with Crippen LogP contribution in [0.1, 0.15) is 0 Å². The highest BCUT2D eigenvalue weighted by Crippen LogP contribution is 2.41. The third-order valence-electron chi connectivity index (χ3n) is 10.2. The SMILES string of the molecule is c1ccc2c(c1)c1ccccc1c1cc(-c3ccc4c(c3)c3ccccc3n4-c3ccc4sc5ccc(-c6ncncn6)cc5c4c3)ccc21. The average molecular weight is 655 g/mol. The normalized spacial score (nSPS) is 12.0. The topological polar surface area (TPSA) is 43.6 Å². The van der Waals surface area contributed by atoms with Gasteiger partial charge >= 0.3 is 0 Å². The predicted octanol–water partition coefficient (Wildman–Crippen LogP) is 12.1. The minimum atomic E-state index is 0.684. The van der Waals surface area contributed by atoms with E-state index in [1.165, 1.54) is 85.4 Å². The quantitative estimate of drug-likeness (QED) is 0.178. The number of para-hydroxylation sites is 1. The van der Waals surface area contributed by atoms with Crippen molar-refractivity contribution < 1.29 is 0 Å². The number of hydrogen-bond acceptors (Lipinski definition) is 4. The molecule has 0 saturated heterocycles. The molecule has 0 amide bonds. The summed E-state index contributed by atoms with van der Waals surface area (Å²) >= 11 is 1.82. The van der Waals surface area contributed by atoms with Gasteiger partial charge in [-0.25, -0.2) is 15.0 Å². The van der Waals surface area contributed by atoms with Gasteiger partial charge in [0.25, 0.3) is 0 Å². The minimum Gasteiger partial charge on any atom is -0.309 e. The van der Waals surface area contributed by atoms with Crippen molar-refractivity contribution in [3.63, 3.8) is 0 Å². The van der Waals surface area contributed by atoms with Gasteiger partial charge in [0.15, 0.2) is 5.82 Å². The highest BCUT2D eigenvalue weighted by atomic mass is 32.1. The van der Waals surface area contributed by atoms with E-state index < -0.39 is 0 Å². The van der Waals surface area contributed by atoms with E-state index in [0.29, 0.717) is 5.82 Å². The molecule has 4 nitrogen and oxygen atoms in total. The van der Waals surface area contributed by atoms with E-state index in [9.17, 15) is 0 Å². The van der Waals surface area contributed by atoms with Crippen LogP contribution in [0.25, 0.3) is 102 Å². The Morgan fingerprint density at radius 2 is 0.900 bits per heavy atom. The number of thiophene rings is 1. The molecule has 3 heterocycles. The van der Waals surface area contributed by atoms with Crippen LogP contribution in [0.15, 0.2) is 158 Å². The molecule has 0 aliphatic carbocycles. The molecule has 0 fully saturated rings. The summed E-state index contributed by atoms with van der Waals surface area (Å²) in [4.78, 5) is 12.8. The van der Waals surface area contributed by atoms with E-state index in [-0.39, 0.29) is 0 Å². The molecule has 0 unspecified atom stereocenters. The first-order valence-corrected chi connectivity index (χ1v) is 17.6. The summed E-state index contributed by atoms with van der Waals surface area (Å²) in [6, 6.07) is 53.6. The Morgan fingerprint density at radius 3 is 1.64 bits per heavy atom. The van der Waals surface area contributed by atoms with Crippen molar-refractivity contribution in [2.24, 2.45) is 0 Å². The lowest BCUT2D eigenvalue weighted by molar-refractivity contribution is 1.06. The maximum Gasteiger partial charge on any atom is 0.162 e. The largest absolute Gasteiger partial charge is 0.309 e. The molecule has 0 saturated carbocycles. The predicted molar refractivity (Wildman–Crippen MR) is 210 cm³/mol. The summed E-state index contributed by atoms with van der Waals surface area (Å²) in [7, 11) is 0. The Kier molecular flexibility index (Phi) is 5.80. The molecular weight excluding hydrogens is 629 g/mol. The van der Waals surface area contributed by atoms with E-state index in [1.807, 2.05) is 11.3 Å². The maximum atomic E-state index is 4.39. The average Bonchev–Trinajstić information content (AvgIpc) is 3.72. The van der Waals surface area contributed by atoms with Crippen LogP contribution >= 0.6 is 11.3 Å². The monoisotopic (exact) mass is 654 g/mol. The van der Waals surface area contributed by atoms with Gasteiger partial charge in [-0.2, -0.15) is 0 Å². The van der Waals surface area contributed by atoms with Gasteiger partial charge in [0.2, 0.25) is 0 Å². The number of nitrogens with zero attached hydrogens (tertiary/aromatic N) is 4. The molecule has 50 heavy (non-hydrogen) atoms. The van der Waals surface area contributed by atoms with Crippen molar-refractivity contribution in [1.29, 1.82) is 0 Å². The fraction of sp³-hybridized carbons (Fsp3) is 0. The third kappa shape index (κ3) is 4.01. The van der Waals surface area contributed by atoms with Gasteiger partial charge < -0.3 is 4.57 Å². The Balaban J connectivity index is 1.10. The highest BCUT2D eigenvalue weighted by Gasteiger charge is 2.16. The number of aromatic nitrogens is 4. The van der Waals surface area contributed by atoms with Crippen LogP contribution in [0.4, 0.5) is 0 Å². The molecule has 0 spiro atoms. The van der Waals surface area contributed by atoms with Gasteiger partial charge in [-0.3, -0.25) is 0 Å². The molecule has 0 aliphatic rings. The summed E-state index contributed by atoms with van der Waals surface area (Å²) in [5.41, 5.74) is 6.95. The number of rotatable bonds is 3. The Hall–Kier alpha value is -6.43. The Bertz CT molecular complexity index is 3120.